The third-order valence-electron chi connectivity index (χ3n) is 6.77. The predicted octanol–water partition coefficient (Wildman–Crippen LogP) is 3.37. The van der Waals surface area contributed by atoms with Gasteiger partial charge in [0.25, 0.3) is 0 Å². The first-order chi connectivity index (χ1) is 17.4. The number of nitriles is 1. The number of anilines is 1. The Morgan fingerprint density at radius 1 is 1.31 bits per heavy atom. The summed E-state index contributed by atoms with van der Waals surface area (Å²) in [5.74, 6) is 0.959. The van der Waals surface area contributed by atoms with Gasteiger partial charge in [0.1, 0.15) is 11.9 Å². The summed E-state index contributed by atoms with van der Waals surface area (Å²) in [6.07, 6.45) is 3.80. The summed E-state index contributed by atoms with van der Waals surface area (Å²) in [4.78, 5) is 33.2. The van der Waals surface area contributed by atoms with Crippen LogP contribution in [0.2, 0.25) is 0 Å². The lowest BCUT2D eigenvalue weighted by Gasteiger charge is -2.41. The molecule has 1 N–H and O–H groups in total. The number of piperazine rings is 1. The van der Waals surface area contributed by atoms with E-state index in [2.05, 4.69) is 22.9 Å². The predicted molar refractivity (Wildman–Crippen MR) is 138 cm³/mol. The molecule has 8 nitrogen and oxygen atoms in total. The van der Waals surface area contributed by atoms with Crippen LogP contribution in [0.3, 0.4) is 0 Å². The molecule has 1 aliphatic carbocycles. The van der Waals surface area contributed by atoms with Crippen LogP contribution in [0.4, 0.5) is 5.82 Å². The summed E-state index contributed by atoms with van der Waals surface area (Å²) >= 11 is 0. The summed E-state index contributed by atoms with van der Waals surface area (Å²) in [6.45, 7) is 8.20. The van der Waals surface area contributed by atoms with Crippen LogP contribution in [0.25, 0.3) is 11.1 Å². The molecule has 1 saturated heterocycles. The maximum Gasteiger partial charge on any atom is 0.243 e. The van der Waals surface area contributed by atoms with Crippen LogP contribution in [0.5, 0.6) is 0 Å². The summed E-state index contributed by atoms with van der Waals surface area (Å²) in [7, 11) is 1.60. The van der Waals surface area contributed by atoms with Crippen molar-refractivity contribution in [1.82, 2.24) is 15.2 Å². The zero-order chi connectivity index (χ0) is 25.7. The van der Waals surface area contributed by atoms with Gasteiger partial charge in [-0.15, -0.1) is 0 Å². The van der Waals surface area contributed by atoms with Gasteiger partial charge in [0, 0.05) is 50.8 Å². The Kier molecular flexibility index (Phi) is 8.01. The van der Waals surface area contributed by atoms with Gasteiger partial charge in [0.15, 0.2) is 0 Å². The van der Waals surface area contributed by atoms with E-state index < -0.39 is 0 Å². The quantitative estimate of drug-likeness (QED) is 0.545. The number of hydrogen-bond donors (Lipinski definition) is 1. The molecule has 1 unspecified atom stereocenters. The zero-order valence-corrected chi connectivity index (χ0v) is 21.0. The largest absolute Gasteiger partial charge is 0.384 e. The van der Waals surface area contributed by atoms with Gasteiger partial charge in [-0.3, -0.25) is 9.59 Å². The Morgan fingerprint density at radius 3 is 2.78 bits per heavy atom. The number of hydrogen-bond acceptors (Lipinski definition) is 6. The van der Waals surface area contributed by atoms with Crippen LogP contribution in [0.1, 0.15) is 48.9 Å². The van der Waals surface area contributed by atoms with Crippen molar-refractivity contribution in [1.29, 1.82) is 5.26 Å². The van der Waals surface area contributed by atoms with E-state index in [1.165, 1.54) is 6.08 Å². The first kappa shape index (κ1) is 25.4. The van der Waals surface area contributed by atoms with Gasteiger partial charge in [0.2, 0.25) is 11.8 Å². The smallest absolute Gasteiger partial charge is 0.243 e. The van der Waals surface area contributed by atoms with E-state index in [1.54, 1.807) is 7.11 Å². The number of rotatable bonds is 9. The van der Waals surface area contributed by atoms with Gasteiger partial charge < -0.3 is 19.9 Å². The van der Waals surface area contributed by atoms with Crippen molar-refractivity contribution in [2.24, 2.45) is 0 Å². The molecule has 1 aromatic carbocycles. The summed E-state index contributed by atoms with van der Waals surface area (Å²) in [5.41, 5.74) is 4.47. The highest BCUT2D eigenvalue weighted by Crippen LogP contribution is 2.45. The highest BCUT2D eigenvalue weighted by atomic mass is 16.5. The third kappa shape index (κ3) is 5.74. The monoisotopic (exact) mass is 487 g/mol. The number of amides is 2. The molecule has 1 atom stereocenters. The molecule has 2 fully saturated rings. The lowest BCUT2D eigenvalue weighted by atomic mass is 9.97. The Bertz CT molecular complexity index is 1180. The van der Waals surface area contributed by atoms with Gasteiger partial charge in [-0.2, -0.15) is 5.26 Å². The second kappa shape index (κ2) is 11.4. The van der Waals surface area contributed by atoms with Gasteiger partial charge in [-0.25, -0.2) is 4.98 Å². The van der Waals surface area contributed by atoms with Crippen molar-refractivity contribution < 1.29 is 14.3 Å². The number of aromatic nitrogens is 1. The minimum absolute atomic E-state index is 0.0166. The highest BCUT2D eigenvalue weighted by Gasteiger charge is 2.33. The fourth-order valence-electron chi connectivity index (χ4n) is 4.70. The molecule has 1 aromatic heterocycles. The van der Waals surface area contributed by atoms with Crippen molar-refractivity contribution in [2.45, 2.75) is 44.7 Å². The lowest BCUT2D eigenvalue weighted by molar-refractivity contribution is -0.134. The number of nitrogens with one attached hydrogen (secondary N) is 1. The minimum Gasteiger partial charge on any atom is -0.384 e. The Balaban J connectivity index is 1.60. The van der Waals surface area contributed by atoms with E-state index in [4.69, 9.17) is 9.72 Å². The number of benzene rings is 1. The molecule has 2 aliphatic rings. The van der Waals surface area contributed by atoms with Crippen molar-refractivity contribution in [3.63, 3.8) is 0 Å². The fraction of sp³-hybridized carbons (Fsp3) is 0.429. The second-order valence-electron chi connectivity index (χ2n) is 9.43. The number of carbonyl (C=O) groups excluding carboxylic acids is 2. The number of carbonyl (C=O) groups is 2. The maximum absolute atomic E-state index is 12.5. The summed E-state index contributed by atoms with van der Waals surface area (Å²) in [5, 5.41) is 12.9. The molecule has 1 aliphatic heterocycles. The average Bonchev–Trinajstić information content (AvgIpc) is 3.75. The molecule has 188 valence electrons. The van der Waals surface area contributed by atoms with Gasteiger partial charge in [-0.05, 0) is 49.1 Å². The Hall–Kier alpha value is -3.70. The third-order valence-corrected chi connectivity index (χ3v) is 6.77. The molecular weight excluding hydrogens is 454 g/mol. The lowest BCUT2D eigenvalue weighted by Crippen LogP contribution is -2.54. The fourth-order valence-corrected chi connectivity index (χ4v) is 4.70. The van der Waals surface area contributed by atoms with E-state index in [0.717, 1.165) is 35.2 Å². The topological polar surface area (TPSA) is 98.6 Å². The Morgan fingerprint density at radius 2 is 2.11 bits per heavy atom. The first-order valence-electron chi connectivity index (χ1n) is 12.4. The molecule has 2 aromatic rings. The Labute approximate surface area is 212 Å². The SMILES string of the molecule is C=CC(=O)NCc1cccc(-c2cc(C#N)c(N3CCN(C(=O)CCOC)C(C)C3)nc2C2CC2)c1. The van der Waals surface area contributed by atoms with Crippen LogP contribution in [0, 0.1) is 11.3 Å². The van der Waals surface area contributed by atoms with E-state index in [9.17, 15) is 14.9 Å². The average molecular weight is 488 g/mol. The van der Waals surface area contributed by atoms with Crippen LogP contribution >= 0.6 is 0 Å². The van der Waals surface area contributed by atoms with Crippen LogP contribution in [-0.2, 0) is 20.9 Å². The second-order valence-corrected chi connectivity index (χ2v) is 9.43. The number of pyridine rings is 1. The van der Waals surface area contributed by atoms with Gasteiger partial charge in [0.05, 0.1) is 24.3 Å². The molecule has 0 spiro atoms. The van der Waals surface area contributed by atoms with Crippen molar-refractivity contribution in [3.05, 3.63) is 59.8 Å². The van der Waals surface area contributed by atoms with Crippen molar-refractivity contribution in [2.75, 3.05) is 38.3 Å². The minimum atomic E-state index is -0.216. The molecule has 2 amide bonds. The number of ether oxygens (including phenoxy) is 1. The molecule has 4 rings (SSSR count). The zero-order valence-electron chi connectivity index (χ0n) is 21.0. The maximum atomic E-state index is 12.5. The molecule has 0 bridgehead atoms. The number of methoxy groups -OCH3 is 1. The van der Waals surface area contributed by atoms with Crippen LogP contribution in [0.15, 0.2) is 43.0 Å². The summed E-state index contributed by atoms with van der Waals surface area (Å²) < 4.78 is 5.06. The molecule has 8 heteroatoms. The standard InChI is InChI=1S/C28H33N5O3/c1-4-25(34)30-17-20-6-5-7-22(14-20)24-15-23(16-29)28(31-27(24)21-8-9-21)32-11-12-33(19(2)18-32)26(35)10-13-36-3/h4-7,14-15,19,21H,1,8-13,17-18H2,2-3H3,(H,30,34). The van der Waals surface area contributed by atoms with E-state index in [1.807, 2.05) is 42.2 Å². The van der Waals surface area contributed by atoms with Crippen LogP contribution < -0.4 is 10.2 Å². The summed E-state index contributed by atoms with van der Waals surface area (Å²) in [6, 6.07) is 12.3. The van der Waals surface area contributed by atoms with Crippen molar-refractivity contribution >= 4 is 17.6 Å². The van der Waals surface area contributed by atoms with Gasteiger partial charge >= 0.3 is 0 Å². The normalized spacial score (nSPS) is 17.4. The van der Waals surface area contributed by atoms with Crippen molar-refractivity contribution in [3.8, 4) is 17.2 Å². The molecule has 0 radical (unpaired) electrons. The van der Waals surface area contributed by atoms with Crippen LogP contribution in [-0.4, -0.2) is 61.1 Å². The molecule has 1 saturated carbocycles. The first-order valence-corrected chi connectivity index (χ1v) is 12.4. The molecule has 36 heavy (non-hydrogen) atoms. The number of nitrogens with zero attached hydrogens (tertiary/aromatic N) is 4. The van der Waals surface area contributed by atoms with E-state index >= 15 is 0 Å². The van der Waals surface area contributed by atoms with Gasteiger partial charge in [-0.1, -0.05) is 24.8 Å². The van der Waals surface area contributed by atoms with E-state index in [0.29, 0.717) is 56.5 Å². The highest BCUT2D eigenvalue weighted by molar-refractivity contribution is 5.86. The molecule has 2 heterocycles. The van der Waals surface area contributed by atoms with E-state index in [-0.39, 0.29) is 17.9 Å². The molecular formula is C28H33N5O3.